The van der Waals surface area contributed by atoms with Crippen LogP contribution in [0.1, 0.15) is 40.0 Å². The molecule has 0 saturated carbocycles. The zero-order valence-electron chi connectivity index (χ0n) is 19.9. The van der Waals surface area contributed by atoms with Gasteiger partial charge in [0.15, 0.2) is 0 Å². The number of carbonyl (C=O) groups excluding carboxylic acids is 1. The smallest absolute Gasteiger partial charge is 0.266 e. The molecule has 1 heterocycles. The van der Waals surface area contributed by atoms with Crippen LogP contribution in [-0.2, 0) is 24.2 Å². The van der Waals surface area contributed by atoms with E-state index in [4.69, 9.17) is 4.74 Å². The Labute approximate surface area is 227 Å². The number of amides is 1. The van der Waals surface area contributed by atoms with Crippen LogP contribution in [0.15, 0.2) is 70.7 Å². The monoisotopic (exact) mass is 567 g/mol. The van der Waals surface area contributed by atoms with Gasteiger partial charge in [0.25, 0.3) is 5.91 Å². The van der Waals surface area contributed by atoms with Gasteiger partial charge in [0, 0.05) is 14.9 Å². The molecular weight excluding hydrogens is 546 g/mol. The second-order valence-electron chi connectivity index (χ2n) is 8.76. The average Bonchev–Trinajstić information content (AvgIpc) is 3.28. The van der Waals surface area contributed by atoms with Crippen LogP contribution in [0.4, 0.5) is 5.00 Å². The van der Waals surface area contributed by atoms with Gasteiger partial charge in [0.05, 0.1) is 5.56 Å². The molecule has 1 aromatic heterocycles. The minimum absolute atomic E-state index is 0.0555. The number of thiophene rings is 1. The summed E-state index contributed by atoms with van der Waals surface area (Å²) in [7, 11) is 0. The molecule has 1 amide bonds. The van der Waals surface area contributed by atoms with Crippen molar-refractivity contribution in [3.63, 3.8) is 0 Å². The number of rotatable bonds is 6. The molecule has 1 aliphatic rings. The number of nitriles is 2. The van der Waals surface area contributed by atoms with Crippen LogP contribution < -0.4 is 10.1 Å². The van der Waals surface area contributed by atoms with E-state index in [2.05, 4.69) is 33.4 Å². The first-order chi connectivity index (χ1) is 18.1. The summed E-state index contributed by atoms with van der Waals surface area (Å²) in [5, 5.41) is 24.9. The van der Waals surface area contributed by atoms with Gasteiger partial charge in [-0.1, -0.05) is 58.4 Å². The molecule has 3 aromatic carbocycles. The molecule has 0 saturated heterocycles. The van der Waals surface area contributed by atoms with E-state index in [0.717, 1.165) is 56.9 Å². The van der Waals surface area contributed by atoms with Gasteiger partial charge in [-0.15, -0.1) is 11.3 Å². The Morgan fingerprint density at radius 3 is 2.62 bits per heavy atom. The standard InChI is InChI=1S/C30H22BrN3O2S/c31-22-12-9-19(10-13-22)18-36-27-14-11-20-5-1-2-6-23(20)25(27)15-21(16-32)29(35)34-30-26(17-33)24-7-3-4-8-28(24)37-30/h1-2,5-6,9-15H,3-4,7-8,18H2,(H,34,35)/b21-15+. The summed E-state index contributed by atoms with van der Waals surface area (Å²) >= 11 is 4.89. The van der Waals surface area contributed by atoms with E-state index < -0.39 is 5.91 Å². The fraction of sp³-hybridized carbons (Fsp3) is 0.167. The SMILES string of the molecule is N#C/C(=C\c1c(OCc2ccc(Br)cc2)ccc2ccccc12)C(=O)Nc1sc2c(c1C#N)CCCC2. The Morgan fingerprint density at radius 1 is 1.05 bits per heavy atom. The molecule has 7 heteroatoms. The van der Waals surface area contributed by atoms with Gasteiger partial charge in [-0.25, -0.2) is 0 Å². The number of ether oxygens (including phenoxy) is 1. The van der Waals surface area contributed by atoms with Gasteiger partial charge in [-0.05, 0) is 71.9 Å². The molecule has 182 valence electrons. The van der Waals surface area contributed by atoms with Gasteiger partial charge >= 0.3 is 0 Å². The van der Waals surface area contributed by atoms with E-state index in [9.17, 15) is 15.3 Å². The Kier molecular flexibility index (Phi) is 7.37. The fourth-order valence-electron chi connectivity index (χ4n) is 4.53. The number of hydrogen-bond donors (Lipinski definition) is 1. The largest absolute Gasteiger partial charge is 0.488 e. The first-order valence-electron chi connectivity index (χ1n) is 11.9. The van der Waals surface area contributed by atoms with Crippen LogP contribution in [0.3, 0.4) is 0 Å². The molecular formula is C30H22BrN3O2S. The van der Waals surface area contributed by atoms with Crippen LogP contribution in [-0.4, -0.2) is 5.91 Å². The summed E-state index contributed by atoms with van der Waals surface area (Å²) in [5.74, 6) is 0.0378. The van der Waals surface area contributed by atoms with Gasteiger partial charge in [-0.2, -0.15) is 10.5 Å². The number of hydrogen-bond acceptors (Lipinski definition) is 5. The average molecular weight is 568 g/mol. The second-order valence-corrected chi connectivity index (χ2v) is 10.8. The van der Waals surface area contributed by atoms with Crippen molar-refractivity contribution >= 4 is 55.0 Å². The lowest BCUT2D eigenvalue weighted by molar-refractivity contribution is -0.112. The maximum atomic E-state index is 13.2. The molecule has 0 bridgehead atoms. The van der Waals surface area contributed by atoms with E-state index in [1.165, 1.54) is 11.3 Å². The van der Waals surface area contributed by atoms with Gasteiger partial charge in [-0.3, -0.25) is 4.79 Å². The van der Waals surface area contributed by atoms with E-state index in [1.807, 2.05) is 60.7 Å². The van der Waals surface area contributed by atoms with Crippen molar-refractivity contribution < 1.29 is 9.53 Å². The number of carbonyl (C=O) groups is 1. The maximum absolute atomic E-state index is 13.2. The summed E-state index contributed by atoms with van der Waals surface area (Å²) in [6, 6.07) is 23.8. The minimum Gasteiger partial charge on any atom is -0.488 e. The zero-order valence-corrected chi connectivity index (χ0v) is 22.3. The van der Waals surface area contributed by atoms with Crippen LogP contribution in [0.5, 0.6) is 5.75 Å². The number of nitrogens with zero attached hydrogens (tertiary/aromatic N) is 2. The van der Waals surface area contributed by atoms with Crippen LogP contribution >= 0.6 is 27.3 Å². The number of fused-ring (bicyclic) bond motifs is 2. The highest BCUT2D eigenvalue weighted by Gasteiger charge is 2.23. The third-order valence-electron chi connectivity index (χ3n) is 6.40. The molecule has 0 atom stereocenters. The topological polar surface area (TPSA) is 85.9 Å². The third kappa shape index (κ3) is 5.29. The molecule has 0 spiro atoms. The lowest BCUT2D eigenvalue weighted by atomic mass is 9.96. The van der Waals surface area contributed by atoms with Crippen LogP contribution in [0, 0.1) is 22.7 Å². The highest BCUT2D eigenvalue weighted by Crippen LogP contribution is 2.38. The van der Waals surface area contributed by atoms with Crippen molar-refractivity contribution in [1.82, 2.24) is 0 Å². The normalized spacial score (nSPS) is 12.9. The van der Waals surface area contributed by atoms with E-state index >= 15 is 0 Å². The number of benzene rings is 3. The minimum atomic E-state index is -0.538. The number of halogens is 1. The summed E-state index contributed by atoms with van der Waals surface area (Å²) < 4.78 is 7.15. The van der Waals surface area contributed by atoms with Crippen molar-refractivity contribution in [3.05, 3.63) is 97.8 Å². The molecule has 0 radical (unpaired) electrons. The first-order valence-corrected chi connectivity index (χ1v) is 13.5. The van der Waals surface area contributed by atoms with Crippen molar-refractivity contribution in [2.75, 3.05) is 5.32 Å². The molecule has 0 fully saturated rings. The number of anilines is 1. The lowest BCUT2D eigenvalue weighted by Crippen LogP contribution is -2.13. The molecule has 37 heavy (non-hydrogen) atoms. The van der Waals surface area contributed by atoms with Gasteiger partial charge in [0.2, 0.25) is 0 Å². The van der Waals surface area contributed by atoms with Crippen LogP contribution in [0.2, 0.25) is 0 Å². The highest BCUT2D eigenvalue weighted by atomic mass is 79.9. The Hall–Kier alpha value is -3.91. The summed E-state index contributed by atoms with van der Waals surface area (Å²) in [6.45, 7) is 0.340. The number of aryl methyl sites for hydroxylation is 1. The Bertz CT molecular complexity index is 1610. The maximum Gasteiger partial charge on any atom is 0.266 e. The number of nitrogens with one attached hydrogen (secondary N) is 1. The Balaban J connectivity index is 1.49. The van der Waals surface area contributed by atoms with E-state index in [0.29, 0.717) is 28.5 Å². The zero-order chi connectivity index (χ0) is 25.8. The van der Waals surface area contributed by atoms with Gasteiger partial charge < -0.3 is 10.1 Å². The van der Waals surface area contributed by atoms with Crippen molar-refractivity contribution in [2.45, 2.75) is 32.3 Å². The summed E-state index contributed by atoms with van der Waals surface area (Å²) in [6.07, 6.45) is 5.47. The molecule has 5 nitrogen and oxygen atoms in total. The van der Waals surface area contributed by atoms with Gasteiger partial charge in [0.1, 0.15) is 35.1 Å². The molecule has 5 rings (SSSR count). The summed E-state index contributed by atoms with van der Waals surface area (Å²) in [5.41, 5.74) is 3.16. The molecule has 1 aliphatic carbocycles. The lowest BCUT2D eigenvalue weighted by Gasteiger charge is -2.13. The second kappa shape index (κ2) is 11.0. The summed E-state index contributed by atoms with van der Waals surface area (Å²) in [4.78, 5) is 14.4. The Morgan fingerprint density at radius 2 is 1.84 bits per heavy atom. The molecule has 1 N–H and O–H groups in total. The molecule has 0 unspecified atom stereocenters. The van der Waals surface area contributed by atoms with E-state index in [1.54, 1.807) is 6.08 Å². The third-order valence-corrected chi connectivity index (χ3v) is 8.14. The van der Waals surface area contributed by atoms with Crippen LogP contribution in [0.25, 0.3) is 16.8 Å². The predicted molar refractivity (Wildman–Crippen MR) is 150 cm³/mol. The highest BCUT2D eigenvalue weighted by molar-refractivity contribution is 9.10. The van der Waals surface area contributed by atoms with E-state index in [-0.39, 0.29) is 5.57 Å². The fourth-order valence-corrected chi connectivity index (χ4v) is 6.03. The predicted octanol–water partition coefficient (Wildman–Crippen LogP) is 7.54. The first kappa shape index (κ1) is 24.8. The molecule has 4 aromatic rings. The van der Waals surface area contributed by atoms with Crippen molar-refractivity contribution in [2.24, 2.45) is 0 Å². The van der Waals surface area contributed by atoms with Crippen molar-refractivity contribution in [1.29, 1.82) is 10.5 Å². The quantitative estimate of drug-likeness (QED) is 0.192. The van der Waals surface area contributed by atoms with Crippen molar-refractivity contribution in [3.8, 4) is 17.9 Å². The molecule has 0 aliphatic heterocycles.